The number of hydrogen-bond acceptors (Lipinski definition) is 4. The number of nitrogens with two attached hydrogens (primary N) is 1. The molecular formula is C14H19N3O3. The van der Waals surface area contributed by atoms with Gasteiger partial charge in [-0.25, -0.2) is 0 Å². The molecule has 2 rings (SSSR count). The second-order valence-corrected chi connectivity index (χ2v) is 4.67. The Morgan fingerprint density at radius 1 is 1.40 bits per heavy atom. The summed E-state index contributed by atoms with van der Waals surface area (Å²) in [5.41, 5.74) is 7.39. The van der Waals surface area contributed by atoms with Crippen molar-refractivity contribution in [3.63, 3.8) is 0 Å². The molecule has 0 aliphatic heterocycles. The molecule has 0 saturated heterocycles. The molecule has 4 N–H and O–H groups in total. The van der Waals surface area contributed by atoms with E-state index in [0.29, 0.717) is 0 Å². The van der Waals surface area contributed by atoms with E-state index in [9.17, 15) is 9.59 Å². The van der Waals surface area contributed by atoms with Crippen molar-refractivity contribution in [3.05, 3.63) is 29.3 Å². The van der Waals surface area contributed by atoms with Crippen LogP contribution in [-0.4, -0.2) is 32.0 Å². The smallest absolute Gasteiger partial charge is 0.239 e. The van der Waals surface area contributed by atoms with Crippen molar-refractivity contribution in [2.24, 2.45) is 5.73 Å². The molecule has 1 aromatic rings. The van der Waals surface area contributed by atoms with Crippen molar-refractivity contribution < 1.29 is 14.3 Å². The summed E-state index contributed by atoms with van der Waals surface area (Å²) in [7, 11) is 1.64. The van der Waals surface area contributed by atoms with E-state index < -0.39 is 0 Å². The van der Waals surface area contributed by atoms with Crippen molar-refractivity contribution in [3.8, 4) is 5.75 Å². The van der Waals surface area contributed by atoms with E-state index in [1.165, 1.54) is 0 Å². The highest BCUT2D eigenvalue weighted by molar-refractivity contribution is 5.85. The van der Waals surface area contributed by atoms with Crippen LogP contribution >= 0.6 is 0 Å². The summed E-state index contributed by atoms with van der Waals surface area (Å²) in [5.74, 6) is 0.303. The molecule has 0 aromatic heterocycles. The maximum Gasteiger partial charge on any atom is 0.239 e. The lowest BCUT2D eigenvalue weighted by molar-refractivity contribution is -0.125. The molecule has 0 spiro atoms. The summed E-state index contributed by atoms with van der Waals surface area (Å²) in [6, 6.07) is 5.80. The van der Waals surface area contributed by atoms with Crippen LogP contribution in [0.15, 0.2) is 18.2 Å². The highest BCUT2D eigenvalue weighted by Crippen LogP contribution is 2.36. The maximum atomic E-state index is 11.8. The average Bonchev–Trinajstić information content (AvgIpc) is 2.87. The molecule has 2 amide bonds. The third-order valence-electron chi connectivity index (χ3n) is 3.41. The molecule has 1 aromatic carbocycles. The van der Waals surface area contributed by atoms with Gasteiger partial charge in [-0.15, -0.1) is 0 Å². The molecule has 0 bridgehead atoms. The van der Waals surface area contributed by atoms with E-state index in [0.717, 1.165) is 29.7 Å². The number of carbonyl (C=O) groups excluding carboxylic acids is 2. The van der Waals surface area contributed by atoms with Crippen molar-refractivity contribution in [2.45, 2.75) is 18.9 Å². The summed E-state index contributed by atoms with van der Waals surface area (Å²) >= 11 is 0. The Bertz CT molecular complexity index is 516. The highest BCUT2D eigenvalue weighted by atomic mass is 16.5. The van der Waals surface area contributed by atoms with Gasteiger partial charge in [0.15, 0.2) is 0 Å². The van der Waals surface area contributed by atoms with Crippen LogP contribution in [0.5, 0.6) is 5.75 Å². The molecule has 20 heavy (non-hydrogen) atoms. The summed E-state index contributed by atoms with van der Waals surface area (Å²) in [5, 5.41) is 5.37. The van der Waals surface area contributed by atoms with E-state index in [1.54, 1.807) is 7.11 Å². The summed E-state index contributed by atoms with van der Waals surface area (Å²) in [6.45, 7) is -0.164. The first-order chi connectivity index (χ1) is 9.65. The van der Waals surface area contributed by atoms with Crippen molar-refractivity contribution in [2.75, 3.05) is 20.2 Å². The zero-order valence-electron chi connectivity index (χ0n) is 11.4. The Kier molecular flexibility index (Phi) is 4.57. The SMILES string of the molecule is COc1cccc2c1CCC2NC(=O)CNC(=O)CN. The van der Waals surface area contributed by atoms with Crippen LogP contribution in [0.3, 0.4) is 0 Å². The van der Waals surface area contributed by atoms with Gasteiger partial charge in [0.25, 0.3) is 0 Å². The number of amides is 2. The van der Waals surface area contributed by atoms with Crippen molar-refractivity contribution in [1.82, 2.24) is 10.6 Å². The van der Waals surface area contributed by atoms with E-state index in [-0.39, 0.29) is 30.9 Å². The largest absolute Gasteiger partial charge is 0.496 e. The van der Waals surface area contributed by atoms with Crippen LogP contribution in [0.2, 0.25) is 0 Å². The number of carbonyl (C=O) groups is 2. The average molecular weight is 277 g/mol. The molecule has 0 radical (unpaired) electrons. The van der Waals surface area contributed by atoms with Gasteiger partial charge in [-0.05, 0) is 30.0 Å². The number of ether oxygens (including phenoxy) is 1. The zero-order valence-corrected chi connectivity index (χ0v) is 11.4. The maximum absolute atomic E-state index is 11.8. The van der Waals surface area contributed by atoms with Gasteiger partial charge < -0.3 is 21.1 Å². The number of benzene rings is 1. The Labute approximate surface area is 117 Å². The second kappa shape index (κ2) is 6.38. The van der Waals surface area contributed by atoms with Crippen molar-refractivity contribution >= 4 is 11.8 Å². The van der Waals surface area contributed by atoms with Gasteiger partial charge in [-0.3, -0.25) is 9.59 Å². The molecule has 0 heterocycles. The van der Waals surface area contributed by atoms with Gasteiger partial charge in [0.05, 0.1) is 26.2 Å². The van der Waals surface area contributed by atoms with Crippen LogP contribution in [0, 0.1) is 0 Å². The van der Waals surface area contributed by atoms with Crippen LogP contribution in [-0.2, 0) is 16.0 Å². The molecule has 6 nitrogen and oxygen atoms in total. The third-order valence-corrected chi connectivity index (χ3v) is 3.41. The van der Waals surface area contributed by atoms with Crippen LogP contribution in [0.4, 0.5) is 0 Å². The molecule has 0 fully saturated rings. The lowest BCUT2D eigenvalue weighted by Crippen LogP contribution is -2.40. The molecular weight excluding hydrogens is 258 g/mol. The van der Waals surface area contributed by atoms with Gasteiger partial charge in [0.1, 0.15) is 5.75 Å². The lowest BCUT2D eigenvalue weighted by atomic mass is 10.1. The first-order valence-corrected chi connectivity index (χ1v) is 6.57. The minimum absolute atomic E-state index is 0.0256. The molecule has 6 heteroatoms. The fourth-order valence-electron chi connectivity index (χ4n) is 2.46. The molecule has 1 atom stereocenters. The monoisotopic (exact) mass is 277 g/mol. The number of hydrogen-bond donors (Lipinski definition) is 3. The van der Waals surface area contributed by atoms with E-state index in [2.05, 4.69) is 10.6 Å². The molecule has 1 unspecified atom stereocenters. The fraction of sp³-hybridized carbons (Fsp3) is 0.429. The van der Waals surface area contributed by atoms with Crippen molar-refractivity contribution in [1.29, 1.82) is 0 Å². The second-order valence-electron chi connectivity index (χ2n) is 4.67. The Morgan fingerprint density at radius 3 is 2.90 bits per heavy atom. The van der Waals surface area contributed by atoms with E-state index in [4.69, 9.17) is 10.5 Å². The van der Waals surface area contributed by atoms with Crippen LogP contribution in [0.1, 0.15) is 23.6 Å². The minimum atomic E-state index is -0.339. The zero-order chi connectivity index (χ0) is 14.5. The minimum Gasteiger partial charge on any atom is -0.496 e. The highest BCUT2D eigenvalue weighted by Gasteiger charge is 2.26. The molecule has 1 aliphatic rings. The first kappa shape index (κ1) is 14.3. The summed E-state index contributed by atoms with van der Waals surface area (Å²) in [6.07, 6.45) is 1.71. The van der Waals surface area contributed by atoms with Gasteiger partial charge in [-0.2, -0.15) is 0 Å². The Hall–Kier alpha value is -2.08. The van der Waals surface area contributed by atoms with Gasteiger partial charge in [0, 0.05) is 0 Å². The van der Waals surface area contributed by atoms with Crippen LogP contribution < -0.4 is 21.1 Å². The third kappa shape index (κ3) is 3.08. The number of nitrogens with one attached hydrogen (secondary N) is 2. The number of rotatable bonds is 5. The summed E-state index contributed by atoms with van der Waals surface area (Å²) < 4.78 is 5.32. The molecule has 0 saturated carbocycles. The van der Waals surface area contributed by atoms with E-state index in [1.807, 2.05) is 18.2 Å². The van der Waals surface area contributed by atoms with E-state index >= 15 is 0 Å². The predicted octanol–water partition coefficient (Wildman–Crippen LogP) is -0.126. The fourth-order valence-corrected chi connectivity index (χ4v) is 2.46. The normalized spacial score (nSPS) is 16.4. The molecule has 108 valence electrons. The van der Waals surface area contributed by atoms with Gasteiger partial charge >= 0.3 is 0 Å². The lowest BCUT2D eigenvalue weighted by Gasteiger charge is -2.15. The predicted molar refractivity (Wildman–Crippen MR) is 74.3 cm³/mol. The standard InChI is InChI=1S/C14H19N3O3/c1-20-12-4-2-3-9-10(12)5-6-11(9)17-14(19)8-16-13(18)7-15/h2-4,11H,5-8,15H2,1H3,(H,16,18)(H,17,19). The summed E-state index contributed by atoms with van der Waals surface area (Å²) in [4.78, 5) is 22.8. The van der Waals surface area contributed by atoms with Gasteiger partial charge in [-0.1, -0.05) is 12.1 Å². The first-order valence-electron chi connectivity index (χ1n) is 6.57. The quantitative estimate of drug-likeness (QED) is 0.699. The van der Waals surface area contributed by atoms with Gasteiger partial charge in [0.2, 0.25) is 11.8 Å². The van der Waals surface area contributed by atoms with Crippen LogP contribution in [0.25, 0.3) is 0 Å². The Morgan fingerprint density at radius 2 is 2.20 bits per heavy atom. The number of fused-ring (bicyclic) bond motifs is 1. The number of methoxy groups -OCH3 is 1. The Balaban J connectivity index is 1.97. The topological polar surface area (TPSA) is 93.5 Å². The molecule has 1 aliphatic carbocycles.